The summed E-state index contributed by atoms with van der Waals surface area (Å²) < 4.78 is 23.1. The second-order valence-corrected chi connectivity index (χ2v) is 20.6. The van der Waals surface area contributed by atoms with Crippen LogP contribution in [0.4, 0.5) is 0 Å². The average molecular weight is 874 g/mol. The van der Waals surface area contributed by atoms with Gasteiger partial charge in [-0.15, -0.1) is 0 Å². The molecule has 0 spiro atoms. The number of carboxylic acid groups (broad SMARTS) is 3. The Balaban J connectivity index is 0.00000273. The molecule has 0 aromatic rings. The summed E-state index contributed by atoms with van der Waals surface area (Å²) in [6.45, 7) is 14.6. The highest BCUT2D eigenvalue weighted by Crippen LogP contribution is 2.75. The lowest BCUT2D eigenvalue weighted by molar-refractivity contribution is -0.391. The van der Waals surface area contributed by atoms with Crippen molar-refractivity contribution in [3.63, 3.8) is 0 Å². The Morgan fingerprint density at radius 3 is 1.82 bits per heavy atom. The molecular formula is C42H71N3O16. The number of carbonyl (C=O) groups excluding carboxylic acids is 4. The standard InChI is InChI=1S/C42H62O16.3H3N/c1-37(2)21-8-11-42(7)31(20(43)16-18-19-17-39(4,36(53)54)13-12-38(19,3)14-15-41(18,42)6)40(21,5)10-9-22(37)55-35-30(26(47)25(46)29(57-35)33(51)52)58-34-27(48)23(44)24(45)28(56-34)32(49)50;;;/h16,19,21-31,34-35,44-48H,8-15,17H2,1-7H3,(H,49,50)(H,51,52)(H,53,54);3*1H3/t19?,21?,22-,23-,24-,25-,26-,27+,28-,29-,30+,31?,34+,35-,38+,39-,40-,41+,42+;;;/m0.../s1. The SMILES string of the molecule is CC1(C)C2CC[C@]3(C)C(C(=O)C=C4C5C[C@@](C)(C(=O)[O-])CC[C@]5(C)CC[C@]43C)[C@@]2(C)CC[C@@H]1O[C@H]1O[C@H](C(=O)[O-])[C@@H](O)[C@H](O)[C@H]1O[C@H]1O[C@H](C(=O)[O-])[C@@H](O)[C@H](O)[C@H]1O.[NH4+].[NH4+].[NH4+]. The van der Waals surface area contributed by atoms with Crippen molar-refractivity contribution in [1.29, 1.82) is 0 Å². The topological polar surface area (TPSA) is 385 Å². The first-order valence-electron chi connectivity index (χ1n) is 20.7. The van der Waals surface area contributed by atoms with E-state index in [0.29, 0.717) is 38.5 Å². The second-order valence-electron chi connectivity index (χ2n) is 20.6. The normalized spacial score (nSPS) is 50.0. The van der Waals surface area contributed by atoms with Crippen molar-refractivity contribution in [3.05, 3.63) is 11.6 Å². The van der Waals surface area contributed by atoms with E-state index < -0.39 is 107 Å². The molecule has 0 amide bonds. The molecule has 0 aromatic carbocycles. The van der Waals surface area contributed by atoms with Gasteiger partial charge in [0, 0.05) is 17.3 Å². The van der Waals surface area contributed by atoms with E-state index in [4.69, 9.17) is 18.9 Å². The third-order valence-electron chi connectivity index (χ3n) is 17.2. The molecule has 4 saturated carbocycles. The summed E-state index contributed by atoms with van der Waals surface area (Å²) in [4.78, 5) is 50.9. The van der Waals surface area contributed by atoms with E-state index >= 15 is 0 Å². The Kier molecular flexibility index (Phi) is 14.0. The molecule has 7 aliphatic rings. The Bertz CT molecular complexity index is 1750. The Hall–Kier alpha value is -2.66. The Morgan fingerprint density at radius 2 is 1.25 bits per heavy atom. The fraction of sp³-hybridized carbons (Fsp3) is 0.857. The summed E-state index contributed by atoms with van der Waals surface area (Å²) in [5.74, 6) is -5.37. The summed E-state index contributed by atoms with van der Waals surface area (Å²) >= 11 is 0. The number of ketones is 1. The van der Waals surface area contributed by atoms with Crippen molar-refractivity contribution in [3.8, 4) is 0 Å². The van der Waals surface area contributed by atoms with Crippen LogP contribution >= 0.6 is 0 Å². The number of aliphatic hydroxyl groups is 5. The highest BCUT2D eigenvalue weighted by molar-refractivity contribution is 5.95. The van der Waals surface area contributed by atoms with Gasteiger partial charge in [-0.25, -0.2) is 0 Å². The van der Waals surface area contributed by atoms with Crippen LogP contribution < -0.4 is 33.8 Å². The minimum absolute atomic E-state index is 0. The number of rotatable bonds is 7. The molecular weight excluding hydrogens is 802 g/mol. The predicted molar refractivity (Wildman–Crippen MR) is 210 cm³/mol. The average Bonchev–Trinajstić information content (AvgIpc) is 3.13. The first-order chi connectivity index (χ1) is 26.8. The van der Waals surface area contributed by atoms with Gasteiger partial charge in [0.05, 0.1) is 18.0 Å². The number of ether oxygens (including phenoxy) is 4. The Labute approximate surface area is 356 Å². The summed E-state index contributed by atoms with van der Waals surface area (Å²) in [6, 6.07) is 0. The highest BCUT2D eigenvalue weighted by atomic mass is 16.8. The molecule has 2 heterocycles. The highest BCUT2D eigenvalue weighted by Gasteiger charge is 2.70. The third kappa shape index (κ3) is 7.47. The molecule has 6 fully saturated rings. The van der Waals surface area contributed by atoms with E-state index in [0.717, 1.165) is 24.8 Å². The smallest absolute Gasteiger partial charge is 0.187 e. The van der Waals surface area contributed by atoms with Crippen molar-refractivity contribution >= 4 is 23.7 Å². The maximum atomic E-state index is 14.8. The van der Waals surface area contributed by atoms with Gasteiger partial charge in [-0.05, 0) is 103 Å². The predicted octanol–water partition coefficient (Wildman–Crippen LogP) is -0.630. The number of fused-ring (bicyclic) bond motifs is 7. The Morgan fingerprint density at radius 1 is 0.689 bits per heavy atom. The zero-order valence-electron chi connectivity index (χ0n) is 37.3. The molecule has 2 aliphatic heterocycles. The lowest BCUT2D eigenvalue weighted by Gasteiger charge is -2.70. The first-order valence-corrected chi connectivity index (χ1v) is 20.7. The van der Waals surface area contributed by atoms with Gasteiger partial charge in [0.25, 0.3) is 0 Å². The van der Waals surface area contributed by atoms with E-state index in [1.165, 1.54) is 0 Å². The largest absolute Gasteiger partial charge is 0.550 e. The van der Waals surface area contributed by atoms with Crippen molar-refractivity contribution in [2.45, 2.75) is 174 Å². The number of hydrogen-bond donors (Lipinski definition) is 8. The van der Waals surface area contributed by atoms with Gasteiger partial charge >= 0.3 is 0 Å². The molecule has 17 N–H and O–H groups in total. The maximum Gasteiger partial charge on any atom is 0.187 e. The van der Waals surface area contributed by atoms with E-state index in [1.54, 1.807) is 6.92 Å². The number of allylic oxidation sites excluding steroid dienone is 2. The van der Waals surface area contributed by atoms with Gasteiger partial charge < -0.3 is 92.6 Å². The number of carbonyl (C=O) groups is 4. The fourth-order valence-electron chi connectivity index (χ4n) is 13.3. The van der Waals surface area contributed by atoms with Gasteiger partial charge in [0.1, 0.15) is 48.8 Å². The molecule has 19 nitrogen and oxygen atoms in total. The molecule has 19 atom stereocenters. The number of hydrogen-bond acceptors (Lipinski definition) is 16. The molecule has 5 aliphatic carbocycles. The van der Waals surface area contributed by atoms with E-state index in [9.17, 15) is 60.0 Å². The molecule has 19 heteroatoms. The summed E-state index contributed by atoms with van der Waals surface area (Å²) in [7, 11) is 0. The first kappa shape index (κ1) is 51.0. The molecule has 3 unspecified atom stereocenters. The lowest BCUT2D eigenvalue weighted by Crippen LogP contribution is -2.68. The van der Waals surface area contributed by atoms with Gasteiger partial charge in [-0.1, -0.05) is 54.0 Å². The summed E-state index contributed by atoms with van der Waals surface area (Å²) in [5.41, 5.74) is -2.11. The van der Waals surface area contributed by atoms with Crippen molar-refractivity contribution < 1.29 is 79.0 Å². The van der Waals surface area contributed by atoms with E-state index in [-0.39, 0.29) is 52.8 Å². The molecule has 0 radical (unpaired) electrons. The minimum Gasteiger partial charge on any atom is -0.550 e. The minimum atomic E-state index is -2.16. The second kappa shape index (κ2) is 16.7. The number of aliphatic carboxylic acids is 3. The van der Waals surface area contributed by atoms with Crippen molar-refractivity contribution in [2.24, 2.45) is 50.2 Å². The van der Waals surface area contributed by atoms with Crippen LogP contribution in [0, 0.1) is 50.2 Å². The molecule has 0 bridgehead atoms. The number of aliphatic hydroxyl groups excluding tert-OH is 5. The van der Waals surface area contributed by atoms with Gasteiger partial charge in [0.15, 0.2) is 18.4 Å². The molecule has 2 saturated heterocycles. The van der Waals surface area contributed by atoms with Crippen LogP contribution in [0.15, 0.2) is 11.6 Å². The molecule has 0 aromatic heterocycles. The third-order valence-corrected chi connectivity index (χ3v) is 17.2. The fourth-order valence-corrected chi connectivity index (χ4v) is 13.3. The molecule has 7 rings (SSSR count). The monoisotopic (exact) mass is 873 g/mol. The van der Waals surface area contributed by atoms with Gasteiger partial charge in [-0.2, -0.15) is 0 Å². The molecule has 61 heavy (non-hydrogen) atoms. The van der Waals surface area contributed by atoms with E-state index in [2.05, 4.69) is 27.7 Å². The lowest BCUT2D eigenvalue weighted by atomic mass is 9.33. The zero-order chi connectivity index (χ0) is 42.9. The molecule has 350 valence electrons. The number of quaternary nitrogens is 3. The van der Waals surface area contributed by atoms with Crippen LogP contribution in [0.2, 0.25) is 0 Å². The zero-order valence-corrected chi connectivity index (χ0v) is 37.3. The quantitative estimate of drug-likeness (QED) is 0.148. The van der Waals surface area contributed by atoms with Gasteiger partial charge in [0.2, 0.25) is 0 Å². The van der Waals surface area contributed by atoms with E-state index in [1.807, 2.05) is 19.9 Å². The van der Waals surface area contributed by atoms with Crippen LogP contribution in [0.3, 0.4) is 0 Å². The van der Waals surface area contributed by atoms with Crippen LogP contribution in [-0.4, -0.2) is 117 Å². The van der Waals surface area contributed by atoms with Crippen molar-refractivity contribution in [2.75, 3.05) is 0 Å². The maximum absolute atomic E-state index is 14.8. The van der Waals surface area contributed by atoms with Crippen LogP contribution in [0.25, 0.3) is 0 Å². The van der Waals surface area contributed by atoms with Crippen molar-refractivity contribution in [1.82, 2.24) is 18.5 Å². The van der Waals surface area contributed by atoms with Gasteiger partial charge in [-0.3, -0.25) is 4.79 Å². The summed E-state index contributed by atoms with van der Waals surface area (Å²) in [6.07, 6.45) is -13.4. The summed E-state index contributed by atoms with van der Waals surface area (Å²) in [5, 5.41) is 89.2. The van der Waals surface area contributed by atoms with Crippen LogP contribution in [-0.2, 0) is 38.1 Å². The van der Waals surface area contributed by atoms with Crippen LogP contribution in [0.1, 0.15) is 106 Å². The van der Waals surface area contributed by atoms with Crippen LogP contribution in [0.5, 0.6) is 0 Å². The number of carboxylic acids is 3.